The van der Waals surface area contributed by atoms with Crippen LogP contribution in [0.3, 0.4) is 0 Å². The molecule has 0 unspecified atom stereocenters. The van der Waals surface area contributed by atoms with Crippen LogP contribution in [0.1, 0.15) is 25.7 Å². The fraction of sp³-hybridized carbons (Fsp3) is 0.300. The number of hydrogen-bond donors (Lipinski definition) is 1. The predicted octanol–water partition coefficient (Wildman–Crippen LogP) is 6.01. The summed E-state index contributed by atoms with van der Waals surface area (Å²) in [6.07, 6.45) is 7.82. The molecule has 1 N–H and O–H groups in total. The molecule has 0 radical (unpaired) electrons. The Morgan fingerprint density at radius 1 is 1.07 bits per heavy atom. The first-order valence-corrected chi connectivity index (χ1v) is 9.61. The van der Waals surface area contributed by atoms with E-state index in [1.54, 1.807) is 19.5 Å². The van der Waals surface area contributed by atoms with Crippen LogP contribution in [-0.4, -0.2) is 23.2 Å². The van der Waals surface area contributed by atoms with Crippen molar-refractivity contribution in [3.8, 4) is 11.6 Å². The highest BCUT2D eigenvalue weighted by atomic mass is 35.5. The minimum atomic E-state index is 0.210. The Hall–Kier alpha value is -2.24. The van der Waals surface area contributed by atoms with E-state index in [9.17, 15) is 0 Å². The third-order valence-electron chi connectivity index (χ3n) is 4.70. The Kier molecular flexibility index (Phi) is 5.23. The van der Waals surface area contributed by atoms with Crippen molar-refractivity contribution in [2.24, 2.45) is 0 Å². The first-order chi connectivity index (χ1) is 13.1. The fourth-order valence-electron chi connectivity index (χ4n) is 3.32. The third-order valence-corrected chi connectivity index (χ3v) is 5.27. The summed E-state index contributed by atoms with van der Waals surface area (Å²) in [5, 5.41) is 5.12. The van der Waals surface area contributed by atoms with Crippen molar-refractivity contribution in [3.05, 3.63) is 46.7 Å². The van der Waals surface area contributed by atoms with Crippen LogP contribution in [0.5, 0.6) is 11.6 Å². The zero-order valence-electron chi connectivity index (χ0n) is 14.8. The Morgan fingerprint density at radius 3 is 2.52 bits per heavy atom. The van der Waals surface area contributed by atoms with Crippen molar-refractivity contribution in [3.63, 3.8) is 0 Å². The Morgan fingerprint density at radius 2 is 1.81 bits per heavy atom. The maximum absolute atomic E-state index is 6.28. The molecule has 2 heterocycles. The molecule has 0 aliphatic heterocycles. The summed E-state index contributed by atoms with van der Waals surface area (Å²) >= 11 is 12.6. The number of nitrogens with zero attached hydrogens (tertiary/aromatic N) is 2. The Bertz CT molecular complexity index is 955. The highest BCUT2D eigenvalue weighted by Crippen LogP contribution is 2.37. The number of ether oxygens (including phenoxy) is 2. The lowest BCUT2D eigenvalue weighted by Crippen LogP contribution is -2.12. The molecule has 5 nitrogen and oxygen atoms in total. The Labute approximate surface area is 167 Å². The minimum Gasteiger partial charge on any atom is -0.497 e. The standard InChI is InChI=1S/C20H19Cl2N3O2/c1-26-13-6-7-14-17(8-13)24-19(27-12-4-2-3-5-12)9-18(14)25-20-15(21)10-23-11-16(20)22/h6-12H,2-5H2,1H3,(H,23,24,25). The smallest absolute Gasteiger partial charge is 0.216 e. The van der Waals surface area contributed by atoms with Crippen LogP contribution in [0.15, 0.2) is 36.7 Å². The van der Waals surface area contributed by atoms with Gasteiger partial charge in [-0.15, -0.1) is 0 Å². The molecule has 0 amide bonds. The molecule has 1 aliphatic carbocycles. The molecule has 0 atom stereocenters. The molecule has 3 aromatic rings. The number of nitrogens with one attached hydrogen (secondary N) is 1. The van der Waals surface area contributed by atoms with Gasteiger partial charge in [0.15, 0.2) is 0 Å². The summed E-state index contributed by atoms with van der Waals surface area (Å²) in [5.41, 5.74) is 2.18. The van der Waals surface area contributed by atoms with Crippen LogP contribution in [0.4, 0.5) is 11.4 Å². The topological polar surface area (TPSA) is 56.3 Å². The number of halogens is 2. The highest BCUT2D eigenvalue weighted by molar-refractivity contribution is 6.39. The summed E-state index contributed by atoms with van der Waals surface area (Å²) in [6.45, 7) is 0. The summed E-state index contributed by atoms with van der Waals surface area (Å²) in [7, 11) is 1.63. The van der Waals surface area contributed by atoms with Gasteiger partial charge in [-0.25, -0.2) is 4.98 Å². The van der Waals surface area contributed by atoms with E-state index in [0.717, 1.165) is 35.2 Å². The number of pyridine rings is 2. The highest BCUT2D eigenvalue weighted by Gasteiger charge is 2.19. The van der Waals surface area contributed by atoms with Crippen molar-refractivity contribution in [1.82, 2.24) is 9.97 Å². The number of fused-ring (bicyclic) bond motifs is 1. The van der Waals surface area contributed by atoms with Gasteiger partial charge in [0.25, 0.3) is 0 Å². The molecule has 1 saturated carbocycles. The van der Waals surface area contributed by atoms with Crippen molar-refractivity contribution in [2.45, 2.75) is 31.8 Å². The van der Waals surface area contributed by atoms with Gasteiger partial charge in [-0.1, -0.05) is 23.2 Å². The maximum Gasteiger partial charge on any atom is 0.216 e. The normalized spacial score (nSPS) is 14.5. The molecule has 140 valence electrons. The molecular weight excluding hydrogens is 385 g/mol. The first-order valence-electron chi connectivity index (χ1n) is 8.85. The van der Waals surface area contributed by atoms with E-state index in [1.807, 2.05) is 24.3 Å². The molecule has 2 aromatic heterocycles. The quantitative estimate of drug-likeness (QED) is 0.564. The summed E-state index contributed by atoms with van der Waals surface area (Å²) in [4.78, 5) is 8.67. The van der Waals surface area contributed by atoms with E-state index in [0.29, 0.717) is 21.6 Å². The second kappa shape index (κ2) is 7.79. The van der Waals surface area contributed by atoms with Gasteiger partial charge in [0.05, 0.1) is 34.0 Å². The first kappa shape index (κ1) is 18.1. The zero-order valence-corrected chi connectivity index (χ0v) is 16.3. The molecule has 1 aromatic carbocycles. The van der Waals surface area contributed by atoms with Crippen molar-refractivity contribution < 1.29 is 9.47 Å². The largest absolute Gasteiger partial charge is 0.497 e. The summed E-state index contributed by atoms with van der Waals surface area (Å²) < 4.78 is 11.5. The molecule has 0 spiro atoms. The average Bonchev–Trinajstić information content (AvgIpc) is 3.17. The van der Waals surface area contributed by atoms with Gasteiger partial charge in [0.1, 0.15) is 11.9 Å². The molecule has 0 saturated heterocycles. The molecule has 0 bridgehead atoms. The van der Waals surface area contributed by atoms with E-state index in [4.69, 9.17) is 32.7 Å². The molecule has 1 aliphatic rings. The molecule has 4 rings (SSSR count). The van der Waals surface area contributed by atoms with Crippen LogP contribution in [-0.2, 0) is 0 Å². The van der Waals surface area contributed by atoms with Crippen LogP contribution in [0.25, 0.3) is 10.9 Å². The zero-order chi connectivity index (χ0) is 18.8. The lowest BCUT2D eigenvalue weighted by molar-refractivity contribution is 0.202. The predicted molar refractivity (Wildman–Crippen MR) is 109 cm³/mol. The van der Waals surface area contributed by atoms with E-state index in [1.165, 1.54) is 12.8 Å². The van der Waals surface area contributed by atoms with E-state index in [2.05, 4.69) is 15.3 Å². The minimum absolute atomic E-state index is 0.210. The number of benzene rings is 1. The number of anilines is 2. The van der Waals surface area contributed by atoms with E-state index in [-0.39, 0.29) is 6.10 Å². The molecule has 7 heteroatoms. The Balaban J connectivity index is 1.78. The van der Waals surface area contributed by atoms with E-state index >= 15 is 0 Å². The lowest BCUT2D eigenvalue weighted by atomic mass is 10.1. The SMILES string of the molecule is COc1ccc2c(Nc3c(Cl)cncc3Cl)cc(OC3CCCC3)nc2c1. The monoisotopic (exact) mass is 403 g/mol. The van der Waals surface area contributed by atoms with Gasteiger partial charge < -0.3 is 14.8 Å². The molecule has 1 fully saturated rings. The van der Waals surface area contributed by atoms with Gasteiger partial charge in [-0.05, 0) is 37.8 Å². The van der Waals surface area contributed by atoms with Crippen molar-refractivity contribution in [1.29, 1.82) is 0 Å². The maximum atomic E-state index is 6.28. The van der Waals surface area contributed by atoms with Gasteiger partial charge in [0.2, 0.25) is 5.88 Å². The van der Waals surface area contributed by atoms with Gasteiger partial charge >= 0.3 is 0 Å². The number of rotatable bonds is 5. The summed E-state index contributed by atoms with van der Waals surface area (Å²) in [5.74, 6) is 1.31. The van der Waals surface area contributed by atoms with Crippen molar-refractivity contribution >= 4 is 45.5 Å². The molecular formula is C20H19Cl2N3O2. The van der Waals surface area contributed by atoms with Crippen LogP contribution < -0.4 is 14.8 Å². The van der Waals surface area contributed by atoms with Crippen LogP contribution in [0, 0.1) is 0 Å². The molecule has 27 heavy (non-hydrogen) atoms. The van der Waals surface area contributed by atoms with Gasteiger partial charge in [0, 0.05) is 29.9 Å². The lowest BCUT2D eigenvalue weighted by Gasteiger charge is -2.17. The number of aromatic nitrogens is 2. The number of hydrogen-bond acceptors (Lipinski definition) is 5. The van der Waals surface area contributed by atoms with Gasteiger partial charge in [-0.3, -0.25) is 4.98 Å². The van der Waals surface area contributed by atoms with Crippen LogP contribution in [0.2, 0.25) is 10.0 Å². The fourth-order valence-corrected chi connectivity index (χ4v) is 3.78. The third kappa shape index (κ3) is 3.89. The van der Waals surface area contributed by atoms with E-state index < -0.39 is 0 Å². The second-order valence-electron chi connectivity index (χ2n) is 6.52. The van der Waals surface area contributed by atoms with Crippen LogP contribution >= 0.6 is 23.2 Å². The van der Waals surface area contributed by atoms with Crippen molar-refractivity contribution in [2.75, 3.05) is 12.4 Å². The van der Waals surface area contributed by atoms with Gasteiger partial charge in [-0.2, -0.15) is 0 Å². The number of methoxy groups -OCH3 is 1. The summed E-state index contributed by atoms with van der Waals surface area (Å²) in [6, 6.07) is 7.62. The average molecular weight is 404 g/mol. The second-order valence-corrected chi connectivity index (χ2v) is 7.33.